The summed E-state index contributed by atoms with van der Waals surface area (Å²) in [7, 11) is 0. The molecule has 5 N–H and O–H groups in total. The summed E-state index contributed by atoms with van der Waals surface area (Å²) in [5.74, 6) is -2.15. The molecular weight excluding hydrogens is 491 g/mol. The van der Waals surface area contributed by atoms with E-state index >= 15 is 0 Å². The van der Waals surface area contributed by atoms with Crippen molar-refractivity contribution in [3.63, 3.8) is 0 Å². The van der Waals surface area contributed by atoms with Gasteiger partial charge >= 0.3 is 12.1 Å². The highest BCUT2D eigenvalue weighted by Crippen LogP contribution is 2.46. The zero-order chi connectivity index (χ0) is 25.4. The van der Waals surface area contributed by atoms with E-state index in [0.717, 1.165) is 38.2 Å². The van der Waals surface area contributed by atoms with Crippen molar-refractivity contribution in [2.75, 3.05) is 18.0 Å². The van der Waals surface area contributed by atoms with Crippen LogP contribution in [-0.2, 0) is 4.79 Å². The third kappa shape index (κ3) is 4.96. The second-order valence-electron chi connectivity index (χ2n) is 8.64. The number of hydrogen-bond donors (Lipinski definition) is 4. The Labute approximate surface area is 202 Å². The smallest absolute Gasteiger partial charge is 0.490 e. The summed E-state index contributed by atoms with van der Waals surface area (Å²) in [4.78, 5) is 24.3. The largest absolute Gasteiger partial charge is 0.492 e. The lowest BCUT2D eigenvalue weighted by molar-refractivity contribution is -0.192. The quantitative estimate of drug-likeness (QED) is 0.403. The SMILES string of the molecule is N[C@@H]1CCCC12CCN(c1cnc3c(-c4ccnc(O)c4Cl)n[nH]c3n1)CC2.O=C(O)C(F)(F)F. The average Bonchev–Trinajstić information content (AvgIpc) is 3.39. The van der Waals surface area contributed by atoms with Crippen molar-refractivity contribution in [1.29, 1.82) is 0 Å². The maximum absolute atomic E-state index is 10.6. The van der Waals surface area contributed by atoms with Crippen LogP contribution in [0, 0.1) is 5.41 Å². The number of aromatic nitrogens is 5. The summed E-state index contributed by atoms with van der Waals surface area (Å²) in [5, 5.41) is 24.3. The van der Waals surface area contributed by atoms with Crippen LogP contribution in [0.1, 0.15) is 32.1 Å². The minimum absolute atomic E-state index is 0.149. The number of rotatable bonds is 2. The maximum atomic E-state index is 10.6. The monoisotopic (exact) mass is 513 g/mol. The topological polar surface area (TPSA) is 154 Å². The van der Waals surface area contributed by atoms with E-state index in [1.807, 2.05) is 0 Å². The molecule has 0 radical (unpaired) electrons. The Morgan fingerprint density at radius 3 is 2.54 bits per heavy atom. The molecule has 1 saturated carbocycles. The van der Waals surface area contributed by atoms with E-state index in [1.54, 1.807) is 12.3 Å². The molecule has 1 atom stereocenters. The Hall–Kier alpha value is -3.19. The number of aromatic amines is 1. The molecule has 1 spiro atoms. The van der Waals surface area contributed by atoms with E-state index < -0.39 is 12.1 Å². The van der Waals surface area contributed by atoms with Crippen molar-refractivity contribution in [3.8, 4) is 17.1 Å². The van der Waals surface area contributed by atoms with Gasteiger partial charge < -0.3 is 20.8 Å². The van der Waals surface area contributed by atoms with E-state index in [9.17, 15) is 18.3 Å². The second kappa shape index (κ2) is 9.46. The highest BCUT2D eigenvalue weighted by atomic mass is 35.5. The fraction of sp³-hybridized carbons (Fsp3) is 0.476. The second-order valence-corrected chi connectivity index (χ2v) is 9.02. The van der Waals surface area contributed by atoms with Crippen molar-refractivity contribution >= 4 is 34.6 Å². The number of carboxylic acids is 1. The van der Waals surface area contributed by atoms with Crippen LogP contribution in [0.2, 0.25) is 5.02 Å². The van der Waals surface area contributed by atoms with E-state index in [-0.39, 0.29) is 10.9 Å². The number of anilines is 1. The number of nitrogens with zero attached hydrogens (tertiary/aromatic N) is 5. The maximum Gasteiger partial charge on any atom is 0.490 e. The fourth-order valence-electron chi connectivity index (χ4n) is 4.72. The summed E-state index contributed by atoms with van der Waals surface area (Å²) < 4.78 is 31.7. The molecule has 1 saturated heterocycles. The summed E-state index contributed by atoms with van der Waals surface area (Å²) in [6.07, 6.45) is 4.03. The number of hydrogen-bond acceptors (Lipinski definition) is 8. The van der Waals surface area contributed by atoms with Gasteiger partial charge in [-0.05, 0) is 37.2 Å². The Morgan fingerprint density at radius 1 is 1.26 bits per heavy atom. The third-order valence-electron chi connectivity index (χ3n) is 6.69. The number of nitrogens with two attached hydrogens (primary N) is 1. The molecule has 0 amide bonds. The first-order chi connectivity index (χ1) is 16.5. The summed E-state index contributed by atoms with van der Waals surface area (Å²) >= 11 is 6.18. The number of carbonyl (C=O) groups is 1. The van der Waals surface area contributed by atoms with Crippen LogP contribution in [0.25, 0.3) is 22.4 Å². The average molecular weight is 514 g/mol. The number of piperidine rings is 1. The Balaban J connectivity index is 0.000000364. The molecule has 3 aromatic rings. The molecule has 1 aliphatic heterocycles. The van der Waals surface area contributed by atoms with Gasteiger partial charge in [0.2, 0.25) is 5.88 Å². The third-order valence-corrected chi connectivity index (χ3v) is 7.06. The summed E-state index contributed by atoms with van der Waals surface area (Å²) in [5.41, 5.74) is 9.03. The molecule has 35 heavy (non-hydrogen) atoms. The molecule has 0 bridgehead atoms. The number of fused-ring (bicyclic) bond motifs is 1. The van der Waals surface area contributed by atoms with Gasteiger partial charge in [0, 0.05) is 30.9 Å². The normalized spacial score (nSPS) is 19.6. The van der Waals surface area contributed by atoms with E-state index in [1.165, 1.54) is 19.0 Å². The van der Waals surface area contributed by atoms with Crippen LogP contribution < -0.4 is 10.6 Å². The lowest BCUT2D eigenvalue weighted by atomic mass is 9.74. The first kappa shape index (κ1) is 24.9. The van der Waals surface area contributed by atoms with Gasteiger partial charge in [0.25, 0.3) is 0 Å². The summed E-state index contributed by atoms with van der Waals surface area (Å²) in [6.45, 7) is 1.89. The molecule has 2 aliphatic rings. The standard InChI is InChI=1S/C19H22ClN7O.C2HF3O2/c20-14-11(3-7-22-18(14)28)15-16-17(26-25-15)24-13(10-23-16)27-8-5-19(6-9-27)4-1-2-12(19)21;3-2(4,5)1(6)7/h3,7,10,12H,1-2,4-6,8-9,21H2,(H,22,28)(H,24,25,26);(H,6,7)/t12-;/m1./s1. The van der Waals surface area contributed by atoms with Crippen LogP contribution in [-0.4, -0.2) is 66.6 Å². The fourth-order valence-corrected chi connectivity index (χ4v) is 4.92. The van der Waals surface area contributed by atoms with Gasteiger partial charge in [-0.2, -0.15) is 18.3 Å². The van der Waals surface area contributed by atoms with Crippen LogP contribution in [0.15, 0.2) is 18.5 Å². The van der Waals surface area contributed by atoms with E-state index in [0.29, 0.717) is 33.9 Å². The Kier molecular flexibility index (Phi) is 6.73. The predicted octanol–water partition coefficient (Wildman–Crippen LogP) is 3.51. The molecule has 2 fully saturated rings. The minimum atomic E-state index is -5.08. The van der Waals surface area contributed by atoms with Crippen LogP contribution in [0.5, 0.6) is 5.88 Å². The zero-order valence-electron chi connectivity index (χ0n) is 18.4. The number of pyridine rings is 1. The highest BCUT2D eigenvalue weighted by Gasteiger charge is 2.43. The van der Waals surface area contributed by atoms with Crippen molar-refractivity contribution in [1.82, 2.24) is 25.1 Å². The first-order valence-corrected chi connectivity index (χ1v) is 11.3. The Morgan fingerprint density at radius 2 is 1.94 bits per heavy atom. The number of aliphatic carboxylic acids is 1. The van der Waals surface area contributed by atoms with Gasteiger partial charge in [-0.15, -0.1) is 0 Å². The van der Waals surface area contributed by atoms with Gasteiger partial charge in [-0.1, -0.05) is 18.0 Å². The van der Waals surface area contributed by atoms with Crippen molar-refractivity contribution < 1.29 is 28.2 Å². The molecule has 4 heterocycles. The summed E-state index contributed by atoms with van der Waals surface area (Å²) in [6, 6.07) is 2.03. The molecule has 188 valence electrons. The van der Waals surface area contributed by atoms with Crippen molar-refractivity contribution in [3.05, 3.63) is 23.5 Å². The van der Waals surface area contributed by atoms with Gasteiger partial charge in [-0.25, -0.2) is 19.7 Å². The number of H-pyrrole nitrogens is 1. The van der Waals surface area contributed by atoms with E-state index in [2.05, 4.69) is 25.1 Å². The number of halogens is 4. The lowest BCUT2D eigenvalue weighted by Gasteiger charge is -2.42. The molecule has 1 aliphatic carbocycles. The van der Waals surface area contributed by atoms with Crippen LogP contribution in [0.3, 0.4) is 0 Å². The molecule has 14 heteroatoms. The molecule has 5 rings (SSSR count). The minimum Gasteiger partial charge on any atom is -0.492 e. The van der Waals surface area contributed by atoms with Gasteiger partial charge in [0.1, 0.15) is 22.1 Å². The van der Waals surface area contributed by atoms with Crippen molar-refractivity contribution in [2.24, 2.45) is 11.1 Å². The van der Waals surface area contributed by atoms with Gasteiger partial charge in [-0.3, -0.25) is 5.10 Å². The Bertz CT molecular complexity index is 1230. The highest BCUT2D eigenvalue weighted by molar-refractivity contribution is 6.34. The number of carboxylic acid groups (broad SMARTS) is 1. The molecular formula is C21H23ClF3N7O3. The van der Waals surface area contributed by atoms with Gasteiger partial charge in [0.05, 0.1) is 6.20 Å². The molecule has 0 aromatic carbocycles. The van der Waals surface area contributed by atoms with Crippen LogP contribution >= 0.6 is 11.6 Å². The van der Waals surface area contributed by atoms with Gasteiger partial charge in [0.15, 0.2) is 5.65 Å². The first-order valence-electron chi connectivity index (χ1n) is 10.9. The zero-order valence-corrected chi connectivity index (χ0v) is 19.1. The molecule has 3 aromatic heterocycles. The molecule has 0 unspecified atom stereocenters. The number of alkyl halides is 3. The van der Waals surface area contributed by atoms with E-state index in [4.69, 9.17) is 32.2 Å². The van der Waals surface area contributed by atoms with Crippen LogP contribution in [0.4, 0.5) is 19.0 Å². The van der Waals surface area contributed by atoms with Crippen molar-refractivity contribution in [2.45, 2.75) is 44.3 Å². The number of nitrogens with one attached hydrogen (secondary N) is 1. The number of aromatic hydroxyl groups is 1. The predicted molar refractivity (Wildman–Crippen MR) is 121 cm³/mol. The molecule has 10 nitrogen and oxygen atoms in total. The lowest BCUT2D eigenvalue weighted by Crippen LogP contribution is -2.47.